The number of aromatic nitrogens is 1. The zero-order chi connectivity index (χ0) is 32.3. The molecule has 1 unspecified atom stereocenters. The molecule has 10 heteroatoms. The summed E-state index contributed by atoms with van der Waals surface area (Å²) in [5, 5.41) is 14.6. The van der Waals surface area contributed by atoms with Gasteiger partial charge in [-0.3, -0.25) is 15.1 Å². The quantitative estimate of drug-likeness (QED) is 0.106. The smallest absolute Gasteiger partial charge is 0.336 e. The Bertz CT molecular complexity index is 1630. The van der Waals surface area contributed by atoms with Crippen LogP contribution in [0.4, 0.5) is 5.69 Å². The zero-order valence-corrected chi connectivity index (χ0v) is 25.9. The normalized spacial score (nSPS) is 15.0. The van der Waals surface area contributed by atoms with Crippen molar-refractivity contribution in [3.8, 4) is 0 Å². The molecular weight excluding hydrogens is 574 g/mol. The maximum Gasteiger partial charge on any atom is 0.336 e. The third-order valence-corrected chi connectivity index (χ3v) is 7.20. The van der Waals surface area contributed by atoms with E-state index in [0.29, 0.717) is 23.6 Å². The molecule has 0 amide bonds. The van der Waals surface area contributed by atoms with Gasteiger partial charge in [-0.1, -0.05) is 48.5 Å². The minimum absolute atomic E-state index is 0.0228. The Morgan fingerprint density at radius 1 is 0.956 bits per heavy atom. The van der Waals surface area contributed by atoms with Gasteiger partial charge >= 0.3 is 11.9 Å². The predicted octanol–water partition coefficient (Wildman–Crippen LogP) is 6.04. The largest absolute Gasteiger partial charge is 0.463 e. The molecule has 45 heavy (non-hydrogen) atoms. The Morgan fingerprint density at radius 2 is 1.67 bits per heavy atom. The number of carbonyl (C=O) groups is 2. The number of dihydropyridines is 1. The highest BCUT2D eigenvalue weighted by molar-refractivity contribution is 6.00. The summed E-state index contributed by atoms with van der Waals surface area (Å²) in [6, 6.07) is 18.2. The van der Waals surface area contributed by atoms with Crippen LogP contribution in [0.15, 0.2) is 101 Å². The van der Waals surface area contributed by atoms with Gasteiger partial charge < -0.3 is 19.5 Å². The number of nitro benzene ring substituents is 1. The van der Waals surface area contributed by atoms with Crippen LogP contribution in [-0.2, 0) is 30.2 Å². The van der Waals surface area contributed by atoms with Crippen molar-refractivity contribution in [1.82, 2.24) is 10.3 Å². The lowest BCUT2D eigenvalue weighted by Crippen LogP contribution is -2.32. The van der Waals surface area contributed by atoms with Crippen LogP contribution >= 0.6 is 0 Å². The van der Waals surface area contributed by atoms with Gasteiger partial charge in [0.25, 0.3) is 5.69 Å². The summed E-state index contributed by atoms with van der Waals surface area (Å²) >= 11 is 0. The molecule has 0 radical (unpaired) electrons. The molecule has 0 fully saturated rings. The second-order valence-corrected chi connectivity index (χ2v) is 10.7. The molecule has 2 aromatic carbocycles. The molecule has 0 saturated carbocycles. The monoisotopic (exact) mass is 611 g/mol. The van der Waals surface area contributed by atoms with Gasteiger partial charge in [0.05, 0.1) is 41.8 Å². The first-order chi connectivity index (χ1) is 21.7. The van der Waals surface area contributed by atoms with Gasteiger partial charge in [-0.15, -0.1) is 0 Å². The highest BCUT2D eigenvalue weighted by Gasteiger charge is 2.38. The fourth-order valence-corrected chi connectivity index (χ4v) is 5.20. The molecule has 10 nitrogen and oxygen atoms in total. The third-order valence-electron chi connectivity index (χ3n) is 7.20. The van der Waals surface area contributed by atoms with Gasteiger partial charge in [-0.05, 0) is 68.0 Å². The standard InChI is InChI=1S/C35H37N3O7/c1-5-44-34(39)31-24(3)37-25(4)32(33(31)29-9-6-10-30(20-29)38(41)42)35(40)45-17-16-43-22-23(2)18-26-11-13-27(14-12-26)19-28-8-7-15-36-21-28/h6-15,18,20-21,33,37H,5,16-17,19,22H2,1-4H3. The lowest BCUT2D eigenvalue weighted by molar-refractivity contribution is -0.384. The molecule has 2 heterocycles. The average molecular weight is 612 g/mol. The molecule has 1 aromatic heterocycles. The summed E-state index contributed by atoms with van der Waals surface area (Å²) in [6.45, 7) is 7.65. The molecule has 0 bridgehead atoms. The van der Waals surface area contributed by atoms with E-state index in [1.165, 1.54) is 23.8 Å². The highest BCUT2D eigenvalue weighted by atomic mass is 16.6. The number of hydrogen-bond acceptors (Lipinski definition) is 9. The molecule has 0 saturated heterocycles. The number of ether oxygens (including phenoxy) is 3. The Balaban J connectivity index is 1.37. The minimum atomic E-state index is -0.917. The van der Waals surface area contributed by atoms with Crippen molar-refractivity contribution < 1.29 is 28.7 Å². The molecule has 1 aliphatic rings. The molecule has 1 atom stereocenters. The van der Waals surface area contributed by atoms with Crippen LogP contribution < -0.4 is 5.32 Å². The van der Waals surface area contributed by atoms with Crippen LogP contribution in [0.3, 0.4) is 0 Å². The number of pyridine rings is 1. The van der Waals surface area contributed by atoms with E-state index in [4.69, 9.17) is 14.2 Å². The van der Waals surface area contributed by atoms with Crippen LogP contribution in [0, 0.1) is 10.1 Å². The van der Waals surface area contributed by atoms with Gasteiger partial charge in [0.2, 0.25) is 0 Å². The van der Waals surface area contributed by atoms with Gasteiger partial charge in [0.15, 0.2) is 0 Å². The van der Waals surface area contributed by atoms with Crippen molar-refractivity contribution in [1.29, 1.82) is 0 Å². The van der Waals surface area contributed by atoms with E-state index in [1.54, 1.807) is 33.0 Å². The van der Waals surface area contributed by atoms with Crippen LogP contribution in [-0.4, -0.2) is 48.3 Å². The Morgan fingerprint density at radius 3 is 2.31 bits per heavy atom. The average Bonchev–Trinajstić information content (AvgIpc) is 3.02. The first kappa shape index (κ1) is 32.8. The maximum atomic E-state index is 13.4. The maximum absolute atomic E-state index is 13.4. The summed E-state index contributed by atoms with van der Waals surface area (Å²) < 4.78 is 16.6. The van der Waals surface area contributed by atoms with Gasteiger partial charge in [-0.2, -0.15) is 0 Å². The first-order valence-electron chi connectivity index (χ1n) is 14.7. The van der Waals surface area contributed by atoms with Gasteiger partial charge in [0.1, 0.15) is 6.61 Å². The zero-order valence-electron chi connectivity index (χ0n) is 25.9. The van der Waals surface area contributed by atoms with Crippen LogP contribution in [0.1, 0.15) is 55.9 Å². The molecule has 0 aliphatic carbocycles. The number of benzene rings is 2. The lowest BCUT2D eigenvalue weighted by atomic mass is 9.80. The second kappa shape index (κ2) is 15.6. The number of nitrogens with one attached hydrogen (secondary N) is 1. The molecule has 4 rings (SSSR count). The minimum Gasteiger partial charge on any atom is -0.463 e. The second-order valence-electron chi connectivity index (χ2n) is 10.7. The van der Waals surface area contributed by atoms with E-state index >= 15 is 0 Å². The first-order valence-corrected chi connectivity index (χ1v) is 14.7. The molecule has 3 aromatic rings. The Kier molecular flexibility index (Phi) is 11.4. The molecule has 1 aliphatic heterocycles. The topological polar surface area (TPSA) is 130 Å². The third kappa shape index (κ3) is 8.73. The number of hydrogen-bond donors (Lipinski definition) is 1. The predicted molar refractivity (Wildman–Crippen MR) is 170 cm³/mol. The van der Waals surface area contributed by atoms with Crippen molar-refractivity contribution in [2.45, 2.75) is 40.0 Å². The summed E-state index contributed by atoms with van der Waals surface area (Å²) in [5.41, 5.74) is 5.99. The fourth-order valence-electron chi connectivity index (χ4n) is 5.20. The fraction of sp³-hybridized carbons (Fsp3) is 0.286. The number of nitrogens with zero attached hydrogens (tertiary/aromatic N) is 2. The van der Waals surface area contributed by atoms with E-state index < -0.39 is 22.8 Å². The number of nitro groups is 1. The Hall–Kier alpha value is -5.09. The number of rotatable bonds is 13. The number of carbonyl (C=O) groups excluding carboxylic acids is 2. The van der Waals surface area contributed by atoms with Gasteiger partial charge in [0, 0.05) is 35.9 Å². The van der Waals surface area contributed by atoms with Crippen LogP contribution in [0.2, 0.25) is 0 Å². The lowest BCUT2D eigenvalue weighted by Gasteiger charge is -2.30. The van der Waals surface area contributed by atoms with E-state index in [0.717, 1.165) is 23.1 Å². The summed E-state index contributed by atoms with van der Waals surface area (Å²) in [4.78, 5) is 41.6. The van der Waals surface area contributed by atoms with Crippen molar-refractivity contribution in [3.63, 3.8) is 0 Å². The molecule has 0 spiro atoms. The number of non-ortho nitro benzene ring substituents is 1. The van der Waals surface area contributed by atoms with Crippen molar-refractivity contribution in [2.24, 2.45) is 0 Å². The SMILES string of the molecule is CCOC(=O)C1=C(C)NC(C)=C(C(=O)OCCOCC(C)=Cc2ccc(Cc3cccnc3)cc2)C1c1cccc([N+](=O)[O-])c1. The van der Waals surface area contributed by atoms with Crippen LogP contribution in [0.5, 0.6) is 0 Å². The summed E-state index contributed by atoms with van der Waals surface area (Å²) in [5.74, 6) is -2.20. The van der Waals surface area contributed by atoms with E-state index in [9.17, 15) is 19.7 Å². The van der Waals surface area contributed by atoms with Crippen molar-refractivity contribution in [2.75, 3.05) is 26.4 Å². The van der Waals surface area contributed by atoms with Gasteiger partial charge in [-0.25, -0.2) is 9.59 Å². The number of esters is 2. The molecule has 234 valence electrons. The van der Waals surface area contributed by atoms with Crippen molar-refractivity contribution >= 4 is 23.7 Å². The molecule has 1 N–H and O–H groups in total. The van der Waals surface area contributed by atoms with Crippen LogP contribution in [0.25, 0.3) is 6.08 Å². The van der Waals surface area contributed by atoms with E-state index in [-0.39, 0.29) is 36.7 Å². The number of allylic oxidation sites excluding steroid dienone is 2. The summed E-state index contributed by atoms with van der Waals surface area (Å²) in [7, 11) is 0. The van der Waals surface area contributed by atoms with Crippen molar-refractivity contribution in [3.05, 3.63) is 134 Å². The molecular formula is C35H37N3O7. The van der Waals surface area contributed by atoms with E-state index in [2.05, 4.69) is 40.6 Å². The summed E-state index contributed by atoms with van der Waals surface area (Å²) in [6.07, 6.45) is 6.48. The van der Waals surface area contributed by atoms with E-state index in [1.807, 2.05) is 25.3 Å². The Labute approximate surface area is 262 Å². The highest BCUT2D eigenvalue weighted by Crippen LogP contribution is 2.40.